The molecule has 1 aromatic rings. The Balaban J connectivity index is 2.56. The number of carbonyl (C=O) groups is 1. The predicted octanol–water partition coefficient (Wildman–Crippen LogP) is 1.72. The van der Waals surface area contributed by atoms with Gasteiger partial charge in [0.1, 0.15) is 5.82 Å². The second-order valence-corrected chi connectivity index (χ2v) is 6.23. The van der Waals surface area contributed by atoms with Crippen LogP contribution in [0, 0.1) is 5.82 Å². The summed E-state index contributed by atoms with van der Waals surface area (Å²) in [6.07, 6.45) is 0.426. The third-order valence-electron chi connectivity index (χ3n) is 2.63. The number of benzene rings is 1. The number of hydrogen-bond donors (Lipinski definition) is 1. The number of halogens is 2. The normalized spacial score (nSPS) is 18.0. The van der Waals surface area contributed by atoms with Crippen LogP contribution in [0.3, 0.4) is 0 Å². The maximum atomic E-state index is 13.5. The van der Waals surface area contributed by atoms with Gasteiger partial charge in [-0.05, 0) is 18.6 Å². The molecule has 0 aliphatic carbocycles. The molecule has 0 aromatic heterocycles. The van der Waals surface area contributed by atoms with Crippen LogP contribution in [0.25, 0.3) is 0 Å². The van der Waals surface area contributed by atoms with E-state index in [1.165, 1.54) is 0 Å². The van der Waals surface area contributed by atoms with Gasteiger partial charge in [0.25, 0.3) is 0 Å². The molecule has 1 N–H and O–H groups in total. The lowest BCUT2D eigenvalue weighted by molar-refractivity contribution is 0.0696. The quantitative estimate of drug-likeness (QED) is 0.901. The first-order valence-electron chi connectivity index (χ1n) is 5.05. The fraction of sp³-hybridized carbons (Fsp3) is 0.300. The third-order valence-corrected chi connectivity index (χ3v) is 4.88. The van der Waals surface area contributed by atoms with Crippen molar-refractivity contribution in [1.82, 2.24) is 0 Å². The van der Waals surface area contributed by atoms with Gasteiger partial charge in [0.2, 0.25) is 10.0 Å². The molecule has 0 amide bonds. The molecule has 1 fully saturated rings. The highest BCUT2D eigenvalue weighted by atomic mass is 35.5. The van der Waals surface area contributed by atoms with Gasteiger partial charge in [-0.3, -0.25) is 4.31 Å². The van der Waals surface area contributed by atoms with Crippen LogP contribution in [0.5, 0.6) is 0 Å². The van der Waals surface area contributed by atoms with Gasteiger partial charge in [-0.15, -0.1) is 0 Å². The van der Waals surface area contributed by atoms with Gasteiger partial charge in [-0.2, -0.15) is 0 Å². The Labute approximate surface area is 108 Å². The van der Waals surface area contributed by atoms with Gasteiger partial charge in [0.05, 0.1) is 22.0 Å². The lowest BCUT2D eigenvalue weighted by Gasteiger charge is -2.17. The van der Waals surface area contributed by atoms with Crippen molar-refractivity contribution >= 4 is 33.3 Å². The van der Waals surface area contributed by atoms with Crippen LogP contribution >= 0.6 is 11.6 Å². The highest BCUT2D eigenvalue weighted by molar-refractivity contribution is 7.93. The van der Waals surface area contributed by atoms with Gasteiger partial charge >= 0.3 is 5.97 Å². The van der Waals surface area contributed by atoms with E-state index in [0.29, 0.717) is 6.42 Å². The molecule has 0 spiro atoms. The van der Waals surface area contributed by atoms with E-state index in [9.17, 15) is 17.6 Å². The Morgan fingerprint density at radius 2 is 2.11 bits per heavy atom. The van der Waals surface area contributed by atoms with Crippen LogP contribution in [0.1, 0.15) is 16.8 Å². The maximum absolute atomic E-state index is 13.5. The minimum absolute atomic E-state index is 0.00759. The number of rotatable bonds is 2. The van der Waals surface area contributed by atoms with Crippen molar-refractivity contribution in [2.24, 2.45) is 0 Å². The lowest BCUT2D eigenvalue weighted by Crippen LogP contribution is -2.25. The molecule has 0 saturated carbocycles. The van der Waals surface area contributed by atoms with Crippen molar-refractivity contribution in [3.63, 3.8) is 0 Å². The zero-order chi connectivity index (χ0) is 13.5. The summed E-state index contributed by atoms with van der Waals surface area (Å²) in [6, 6.07) is 1.99. The monoisotopic (exact) mass is 293 g/mol. The Morgan fingerprint density at radius 3 is 2.61 bits per heavy atom. The van der Waals surface area contributed by atoms with Crippen molar-refractivity contribution < 1.29 is 22.7 Å². The summed E-state index contributed by atoms with van der Waals surface area (Å²) in [5.41, 5.74) is -0.458. The van der Waals surface area contributed by atoms with E-state index >= 15 is 0 Å². The van der Waals surface area contributed by atoms with Crippen LogP contribution in [-0.4, -0.2) is 31.8 Å². The zero-order valence-electron chi connectivity index (χ0n) is 9.06. The summed E-state index contributed by atoms with van der Waals surface area (Å²) >= 11 is 5.51. The van der Waals surface area contributed by atoms with E-state index in [-0.39, 0.29) is 18.0 Å². The molecule has 18 heavy (non-hydrogen) atoms. The molecule has 98 valence electrons. The van der Waals surface area contributed by atoms with Crippen LogP contribution in [0.2, 0.25) is 5.02 Å². The first-order chi connectivity index (χ1) is 8.33. The second-order valence-electron chi connectivity index (χ2n) is 3.84. The molecule has 0 atom stereocenters. The molecule has 1 aliphatic rings. The van der Waals surface area contributed by atoms with Crippen molar-refractivity contribution in [2.75, 3.05) is 16.6 Å². The number of anilines is 1. The second kappa shape index (κ2) is 4.40. The van der Waals surface area contributed by atoms with E-state index in [4.69, 9.17) is 16.7 Å². The van der Waals surface area contributed by atoms with E-state index in [1.807, 2.05) is 0 Å². The van der Waals surface area contributed by atoms with Crippen LogP contribution < -0.4 is 4.31 Å². The molecule has 1 aromatic carbocycles. The Kier molecular flexibility index (Phi) is 3.20. The van der Waals surface area contributed by atoms with E-state index in [1.54, 1.807) is 0 Å². The highest BCUT2D eigenvalue weighted by Gasteiger charge is 2.30. The maximum Gasteiger partial charge on any atom is 0.337 e. The molecule has 0 unspecified atom stereocenters. The number of carboxylic acid groups (broad SMARTS) is 1. The summed E-state index contributed by atoms with van der Waals surface area (Å²) in [5, 5.41) is 8.34. The molecule has 1 aliphatic heterocycles. The fourth-order valence-corrected chi connectivity index (χ4v) is 3.54. The van der Waals surface area contributed by atoms with E-state index in [0.717, 1.165) is 16.4 Å². The van der Waals surface area contributed by atoms with E-state index in [2.05, 4.69) is 0 Å². The van der Waals surface area contributed by atoms with Gasteiger partial charge in [-0.1, -0.05) is 11.6 Å². The van der Waals surface area contributed by atoms with Gasteiger partial charge in [0, 0.05) is 6.54 Å². The topological polar surface area (TPSA) is 74.7 Å². The Bertz CT molecular complexity index is 617. The molecule has 0 bridgehead atoms. The van der Waals surface area contributed by atoms with Crippen molar-refractivity contribution in [3.05, 3.63) is 28.5 Å². The number of carboxylic acids is 1. The molecule has 1 saturated heterocycles. The summed E-state index contributed by atoms with van der Waals surface area (Å²) in [7, 11) is -3.48. The van der Waals surface area contributed by atoms with Gasteiger partial charge in [0.15, 0.2) is 0 Å². The van der Waals surface area contributed by atoms with E-state index < -0.39 is 32.4 Å². The van der Waals surface area contributed by atoms with Crippen LogP contribution in [-0.2, 0) is 10.0 Å². The molecular weight excluding hydrogens is 285 g/mol. The minimum Gasteiger partial charge on any atom is -0.478 e. The molecule has 1 heterocycles. The number of sulfonamides is 1. The first kappa shape index (κ1) is 13.1. The highest BCUT2D eigenvalue weighted by Crippen LogP contribution is 2.30. The molecule has 8 heteroatoms. The smallest absolute Gasteiger partial charge is 0.337 e. The predicted molar refractivity (Wildman–Crippen MR) is 64.1 cm³/mol. The zero-order valence-corrected chi connectivity index (χ0v) is 10.6. The largest absolute Gasteiger partial charge is 0.478 e. The molecule has 0 radical (unpaired) electrons. The summed E-state index contributed by atoms with van der Waals surface area (Å²) in [6.45, 7) is 0.211. The molecule has 5 nitrogen and oxygen atoms in total. The lowest BCUT2D eigenvalue weighted by atomic mass is 10.2. The molecular formula is C10H9ClFNO4S. The first-order valence-corrected chi connectivity index (χ1v) is 7.04. The van der Waals surface area contributed by atoms with Crippen molar-refractivity contribution in [3.8, 4) is 0 Å². The standard InChI is InChI=1S/C10H9ClFNO4S/c11-9-7(10(14)15)4-6(5-8(9)12)13-2-1-3-18(13,16)17/h4-5H,1-3H2,(H,14,15). The fourth-order valence-electron chi connectivity index (χ4n) is 1.80. The Hall–Kier alpha value is -1.34. The number of nitrogens with zero attached hydrogens (tertiary/aromatic N) is 1. The third kappa shape index (κ3) is 2.15. The number of aromatic carboxylic acids is 1. The average Bonchev–Trinajstić information content (AvgIpc) is 2.61. The summed E-state index contributed by atoms with van der Waals surface area (Å²) in [4.78, 5) is 10.9. The number of hydrogen-bond acceptors (Lipinski definition) is 3. The van der Waals surface area contributed by atoms with Gasteiger partial charge < -0.3 is 5.11 Å². The SMILES string of the molecule is O=C(O)c1cc(N2CCCS2(=O)=O)cc(F)c1Cl. The summed E-state index contributed by atoms with van der Waals surface area (Å²) < 4.78 is 37.8. The minimum atomic E-state index is -3.48. The molecule has 2 rings (SSSR count). The van der Waals surface area contributed by atoms with Crippen molar-refractivity contribution in [2.45, 2.75) is 6.42 Å². The Morgan fingerprint density at radius 1 is 1.44 bits per heavy atom. The van der Waals surface area contributed by atoms with Gasteiger partial charge in [-0.25, -0.2) is 17.6 Å². The average molecular weight is 294 g/mol. The van der Waals surface area contributed by atoms with Crippen molar-refractivity contribution in [1.29, 1.82) is 0 Å². The van der Waals surface area contributed by atoms with Crippen LogP contribution in [0.15, 0.2) is 12.1 Å². The summed E-state index contributed by atoms with van der Waals surface area (Å²) in [5.74, 6) is -2.38. The van der Waals surface area contributed by atoms with Crippen LogP contribution in [0.4, 0.5) is 10.1 Å².